The van der Waals surface area contributed by atoms with Crippen LogP contribution in [-0.2, 0) is 6.42 Å². The first-order valence-electron chi connectivity index (χ1n) is 9.20. The molecule has 1 saturated heterocycles. The van der Waals surface area contributed by atoms with E-state index in [1.807, 2.05) is 0 Å². The van der Waals surface area contributed by atoms with E-state index in [1.165, 1.54) is 30.8 Å². The van der Waals surface area contributed by atoms with Gasteiger partial charge in [0, 0.05) is 12.3 Å². The molecule has 0 unspecified atom stereocenters. The predicted octanol–water partition coefficient (Wildman–Crippen LogP) is 2.91. The van der Waals surface area contributed by atoms with E-state index in [4.69, 9.17) is 4.42 Å². The SMILES string of the molecule is O=C(Nc1cnc(Cc2ccc(F)cc2)nc1)c1coc(C2CCNCC2)n1. The van der Waals surface area contributed by atoms with Crippen molar-refractivity contribution in [2.45, 2.75) is 25.2 Å². The average molecular weight is 381 g/mol. The van der Waals surface area contributed by atoms with Gasteiger partial charge in [-0.15, -0.1) is 0 Å². The molecule has 0 aliphatic carbocycles. The number of hydrogen-bond donors (Lipinski definition) is 2. The van der Waals surface area contributed by atoms with Crippen LogP contribution in [0.3, 0.4) is 0 Å². The molecule has 1 fully saturated rings. The van der Waals surface area contributed by atoms with E-state index in [9.17, 15) is 9.18 Å². The van der Waals surface area contributed by atoms with Gasteiger partial charge in [0.2, 0.25) is 0 Å². The molecule has 1 amide bonds. The van der Waals surface area contributed by atoms with E-state index < -0.39 is 0 Å². The van der Waals surface area contributed by atoms with Crippen molar-refractivity contribution in [3.05, 3.63) is 71.7 Å². The van der Waals surface area contributed by atoms with Crippen LogP contribution in [0.5, 0.6) is 0 Å². The van der Waals surface area contributed by atoms with Crippen LogP contribution in [0.4, 0.5) is 10.1 Å². The highest BCUT2D eigenvalue weighted by Crippen LogP contribution is 2.24. The van der Waals surface area contributed by atoms with Crippen molar-refractivity contribution in [2.75, 3.05) is 18.4 Å². The number of hydrogen-bond acceptors (Lipinski definition) is 6. The van der Waals surface area contributed by atoms with Crippen LogP contribution in [0.25, 0.3) is 0 Å². The number of nitrogens with zero attached hydrogens (tertiary/aromatic N) is 3. The van der Waals surface area contributed by atoms with Gasteiger partial charge in [-0.3, -0.25) is 4.79 Å². The molecule has 0 saturated carbocycles. The van der Waals surface area contributed by atoms with Gasteiger partial charge in [0.05, 0.1) is 18.1 Å². The number of nitrogens with one attached hydrogen (secondary N) is 2. The summed E-state index contributed by atoms with van der Waals surface area (Å²) in [7, 11) is 0. The summed E-state index contributed by atoms with van der Waals surface area (Å²) in [5, 5.41) is 6.01. The van der Waals surface area contributed by atoms with Gasteiger partial charge in [0.25, 0.3) is 5.91 Å². The number of oxazole rings is 1. The van der Waals surface area contributed by atoms with Crippen molar-refractivity contribution in [3.8, 4) is 0 Å². The topological polar surface area (TPSA) is 92.9 Å². The van der Waals surface area contributed by atoms with Gasteiger partial charge in [0.15, 0.2) is 11.6 Å². The maximum absolute atomic E-state index is 13.0. The molecule has 4 rings (SSSR count). The van der Waals surface area contributed by atoms with E-state index in [1.54, 1.807) is 12.1 Å². The van der Waals surface area contributed by atoms with Crippen LogP contribution >= 0.6 is 0 Å². The second-order valence-electron chi connectivity index (χ2n) is 6.74. The number of halogens is 1. The first kappa shape index (κ1) is 18.2. The Kier molecular flexibility index (Phi) is 5.38. The highest BCUT2D eigenvalue weighted by atomic mass is 19.1. The van der Waals surface area contributed by atoms with E-state index in [0.717, 1.165) is 31.5 Å². The molecule has 1 aliphatic heterocycles. The number of amides is 1. The van der Waals surface area contributed by atoms with Crippen LogP contribution < -0.4 is 10.6 Å². The van der Waals surface area contributed by atoms with E-state index in [0.29, 0.717) is 23.8 Å². The molecule has 1 aliphatic rings. The quantitative estimate of drug-likeness (QED) is 0.706. The minimum atomic E-state index is -0.362. The Balaban J connectivity index is 1.36. The molecule has 3 aromatic rings. The summed E-state index contributed by atoms with van der Waals surface area (Å²) in [6.07, 6.45) is 6.85. The zero-order valence-corrected chi connectivity index (χ0v) is 15.2. The Labute approximate surface area is 161 Å². The number of aromatic nitrogens is 3. The second-order valence-corrected chi connectivity index (χ2v) is 6.74. The monoisotopic (exact) mass is 381 g/mol. The van der Waals surface area contributed by atoms with Gasteiger partial charge in [-0.2, -0.15) is 0 Å². The third-order valence-electron chi connectivity index (χ3n) is 4.68. The molecule has 144 valence electrons. The lowest BCUT2D eigenvalue weighted by Gasteiger charge is -2.19. The molecule has 0 atom stereocenters. The maximum atomic E-state index is 13.0. The lowest BCUT2D eigenvalue weighted by atomic mass is 9.98. The standard InChI is InChI=1S/C20H20FN5O2/c21-15-3-1-13(2-4-15)9-18-23-10-16(11-24-18)25-19(27)17-12-28-20(26-17)14-5-7-22-8-6-14/h1-4,10-12,14,22H,5-9H2,(H,25,27). The number of carbonyl (C=O) groups excluding carboxylic acids is 1. The Hall–Kier alpha value is -3.13. The summed E-state index contributed by atoms with van der Waals surface area (Å²) < 4.78 is 18.5. The molecule has 2 N–H and O–H groups in total. The maximum Gasteiger partial charge on any atom is 0.277 e. The van der Waals surface area contributed by atoms with Crippen molar-refractivity contribution in [1.82, 2.24) is 20.3 Å². The second kappa shape index (κ2) is 8.26. The summed E-state index contributed by atoms with van der Waals surface area (Å²) in [6, 6.07) is 6.19. The molecule has 1 aromatic carbocycles. The molecular weight excluding hydrogens is 361 g/mol. The highest BCUT2D eigenvalue weighted by molar-refractivity contribution is 6.02. The molecule has 0 radical (unpaired) electrons. The summed E-state index contributed by atoms with van der Waals surface area (Å²) in [5.41, 5.74) is 1.62. The van der Waals surface area contributed by atoms with Crippen molar-refractivity contribution >= 4 is 11.6 Å². The first-order valence-corrected chi connectivity index (χ1v) is 9.20. The fourth-order valence-electron chi connectivity index (χ4n) is 3.14. The molecular formula is C20H20FN5O2. The number of anilines is 1. The zero-order valence-electron chi connectivity index (χ0n) is 15.2. The van der Waals surface area contributed by atoms with Crippen molar-refractivity contribution in [3.63, 3.8) is 0 Å². The normalized spacial score (nSPS) is 14.8. The highest BCUT2D eigenvalue weighted by Gasteiger charge is 2.22. The number of piperidine rings is 1. The largest absolute Gasteiger partial charge is 0.448 e. The average Bonchev–Trinajstić information content (AvgIpc) is 3.22. The van der Waals surface area contributed by atoms with Gasteiger partial charge in [-0.05, 0) is 43.6 Å². The molecule has 3 heterocycles. The summed E-state index contributed by atoms with van der Waals surface area (Å²) in [4.78, 5) is 25.2. The van der Waals surface area contributed by atoms with Gasteiger partial charge in [-0.25, -0.2) is 19.3 Å². The fraction of sp³-hybridized carbons (Fsp3) is 0.300. The van der Waals surface area contributed by atoms with Crippen LogP contribution in [0.1, 0.15) is 46.5 Å². The zero-order chi connectivity index (χ0) is 19.3. The summed E-state index contributed by atoms with van der Waals surface area (Å²) >= 11 is 0. The third-order valence-corrected chi connectivity index (χ3v) is 4.68. The minimum Gasteiger partial charge on any atom is -0.448 e. The van der Waals surface area contributed by atoms with E-state index in [-0.39, 0.29) is 23.3 Å². The minimum absolute atomic E-state index is 0.240. The molecule has 8 heteroatoms. The predicted molar refractivity (Wildman–Crippen MR) is 101 cm³/mol. The van der Waals surface area contributed by atoms with E-state index >= 15 is 0 Å². The third kappa shape index (κ3) is 4.40. The summed E-state index contributed by atoms with van der Waals surface area (Å²) in [5.74, 6) is 0.798. The van der Waals surface area contributed by atoms with Gasteiger partial charge in [0.1, 0.15) is 17.9 Å². The summed E-state index contributed by atoms with van der Waals surface area (Å²) in [6.45, 7) is 1.85. The molecule has 0 spiro atoms. The lowest BCUT2D eigenvalue weighted by Crippen LogP contribution is -2.26. The number of benzene rings is 1. The Morgan fingerprint density at radius 2 is 1.89 bits per heavy atom. The molecule has 2 aromatic heterocycles. The number of carbonyl (C=O) groups is 1. The fourth-order valence-corrected chi connectivity index (χ4v) is 3.14. The van der Waals surface area contributed by atoms with Crippen LogP contribution in [0, 0.1) is 5.82 Å². The first-order chi connectivity index (χ1) is 13.7. The smallest absolute Gasteiger partial charge is 0.277 e. The number of rotatable bonds is 5. The van der Waals surface area contributed by atoms with Crippen LogP contribution in [0.2, 0.25) is 0 Å². The van der Waals surface area contributed by atoms with Crippen LogP contribution in [-0.4, -0.2) is 33.9 Å². The lowest BCUT2D eigenvalue weighted by molar-refractivity contribution is 0.102. The van der Waals surface area contributed by atoms with Crippen molar-refractivity contribution in [1.29, 1.82) is 0 Å². The molecule has 0 bridgehead atoms. The van der Waals surface area contributed by atoms with Crippen molar-refractivity contribution in [2.24, 2.45) is 0 Å². The van der Waals surface area contributed by atoms with Crippen LogP contribution in [0.15, 0.2) is 47.3 Å². The Bertz CT molecular complexity index is 934. The Morgan fingerprint density at radius 1 is 1.18 bits per heavy atom. The van der Waals surface area contributed by atoms with Gasteiger partial charge in [-0.1, -0.05) is 12.1 Å². The van der Waals surface area contributed by atoms with E-state index in [2.05, 4.69) is 25.6 Å². The van der Waals surface area contributed by atoms with Gasteiger partial charge < -0.3 is 15.1 Å². The molecule has 28 heavy (non-hydrogen) atoms. The van der Waals surface area contributed by atoms with Gasteiger partial charge >= 0.3 is 0 Å². The molecule has 7 nitrogen and oxygen atoms in total. The Morgan fingerprint density at radius 3 is 2.61 bits per heavy atom. The van der Waals surface area contributed by atoms with Crippen molar-refractivity contribution < 1.29 is 13.6 Å².